The van der Waals surface area contributed by atoms with E-state index in [-0.39, 0.29) is 50.0 Å². The molecule has 2 heterocycles. The van der Waals surface area contributed by atoms with Gasteiger partial charge in [0.2, 0.25) is 65.0 Å². The van der Waals surface area contributed by atoms with Crippen LogP contribution in [0.5, 0.6) is 0 Å². The Kier molecular flexibility index (Phi) is 36.9. The fourth-order valence-corrected chi connectivity index (χ4v) is 12.7. The first-order chi connectivity index (χ1) is 45.4. The topological polar surface area (TPSA) is 330 Å². The molecule has 98 heavy (non-hydrogen) atoms. The van der Waals surface area contributed by atoms with Crippen LogP contribution in [0.15, 0.2) is 0 Å². The monoisotopic (exact) mass is 1390 g/mol. The molecular weight excluding hydrogens is 1260 g/mol. The zero-order chi connectivity index (χ0) is 75.1. The van der Waals surface area contributed by atoms with Crippen molar-refractivity contribution in [1.82, 2.24) is 60.9 Å². The lowest BCUT2D eigenvalue weighted by Crippen LogP contribution is -2.64. The summed E-state index contributed by atoms with van der Waals surface area (Å²) in [6, 6.07) is -14.4. The maximum absolute atomic E-state index is 15.2. The van der Waals surface area contributed by atoms with Gasteiger partial charge in [-0.15, -0.1) is 0 Å². The van der Waals surface area contributed by atoms with Gasteiger partial charge in [0.05, 0.1) is 31.0 Å². The molecule has 2 fully saturated rings. The Morgan fingerprint density at radius 3 is 1.49 bits per heavy atom. The summed E-state index contributed by atoms with van der Waals surface area (Å²) in [6.45, 7) is 34.6. The van der Waals surface area contributed by atoms with Crippen molar-refractivity contribution < 1.29 is 72.4 Å². The molecule has 564 valence electrons. The molecule has 0 bridgehead atoms. The van der Waals surface area contributed by atoms with Crippen LogP contribution >= 0.6 is 0 Å². The van der Waals surface area contributed by atoms with E-state index in [0.717, 1.165) is 35.9 Å². The molecule has 2 rings (SSSR count). The van der Waals surface area contributed by atoms with Crippen molar-refractivity contribution in [3.63, 3.8) is 0 Å². The molecule has 0 aliphatic carbocycles. The van der Waals surface area contributed by atoms with E-state index < -0.39 is 167 Å². The third-order valence-electron chi connectivity index (χ3n) is 19.1. The van der Waals surface area contributed by atoms with Crippen molar-refractivity contribution in [2.24, 2.45) is 35.5 Å². The van der Waals surface area contributed by atoms with E-state index in [1.165, 1.54) is 82.7 Å². The van der Waals surface area contributed by atoms with E-state index in [2.05, 4.69) is 31.5 Å². The predicted molar refractivity (Wildman–Crippen MR) is 376 cm³/mol. The summed E-state index contributed by atoms with van der Waals surface area (Å²) in [5, 5.41) is 36.5. The van der Waals surface area contributed by atoms with Crippen LogP contribution in [0, 0.1) is 35.5 Å². The largest absolute Gasteiger partial charge is 0.390 e. The van der Waals surface area contributed by atoms with E-state index in [9.17, 15) is 43.8 Å². The van der Waals surface area contributed by atoms with E-state index in [1.807, 2.05) is 41.5 Å². The number of nitrogens with one attached hydrogen (secondary N) is 5. The van der Waals surface area contributed by atoms with E-state index >= 15 is 19.2 Å². The molecule has 2 saturated heterocycles. The number of ether oxygens (including phenoxy) is 2. The second kappa shape index (κ2) is 41.0. The Morgan fingerprint density at radius 1 is 0.500 bits per heavy atom. The van der Waals surface area contributed by atoms with Crippen molar-refractivity contribution in [3.05, 3.63) is 0 Å². The van der Waals surface area contributed by atoms with Crippen LogP contribution in [0.25, 0.3) is 0 Å². The number of unbranched alkanes of at least 4 members (excludes halogenated alkanes) is 2. The van der Waals surface area contributed by atoms with E-state index in [0.29, 0.717) is 45.3 Å². The number of likely N-dealkylation sites (N-methyl/N-ethyl adjacent to an activating group) is 6. The first kappa shape index (κ1) is 88.1. The molecule has 27 heteroatoms. The normalized spacial score (nSPS) is 27.1. The van der Waals surface area contributed by atoms with Crippen LogP contribution in [-0.2, 0) is 62.2 Å². The number of hydrogen-bond donors (Lipinski definition) is 7. The molecule has 0 aromatic rings. The fourth-order valence-electron chi connectivity index (χ4n) is 12.7. The van der Waals surface area contributed by atoms with Gasteiger partial charge in [-0.05, 0) is 135 Å². The second-order valence-corrected chi connectivity index (χ2v) is 30.4. The van der Waals surface area contributed by atoms with Crippen LogP contribution in [0.3, 0.4) is 0 Å². The molecule has 0 aromatic carbocycles. The number of aliphatic hydroxyl groups is 2. The van der Waals surface area contributed by atoms with Crippen LogP contribution < -0.4 is 26.6 Å². The number of carbonyl (C=O) groups excluding carboxylic acids is 11. The van der Waals surface area contributed by atoms with Gasteiger partial charge in [-0.1, -0.05) is 95.9 Å². The number of aliphatic hydroxyl groups excluding tert-OH is 1. The molecule has 14 atom stereocenters. The van der Waals surface area contributed by atoms with Gasteiger partial charge in [0, 0.05) is 62.0 Å². The Balaban J connectivity index is 2.99. The van der Waals surface area contributed by atoms with Gasteiger partial charge in [0.1, 0.15) is 66.5 Å². The van der Waals surface area contributed by atoms with Crippen LogP contribution in [0.1, 0.15) is 189 Å². The molecule has 7 N–H and O–H groups in total. The van der Waals surface area contributed by atoms with Gasteiger partial charge in [-0.3, -0.25) is 57.6 Å². The summed E-state index contributed by atoms with van der Waals surface area (Å²) < 4.78 is 11.9. The standard InChI is InChI=1S/C71H130N12O15/c1-25-51-67(92)77(19)49(15)66(91)82(24)58(50(16)98-35-29-28-32-83-33-36-97-37-34-83)64(89)75-55(44(8)9)70(95)78(20)52(38-41(2)3)61(86)72-47(13)60(85)73-48(14)65(90)79(21)53(39-42(4)5)68(93)80(22)54(40-43(6)7)69(94)81(23)57(45(10)11)63(88)76-56(62(87)74-51)59(84)46(12)30-26-27-31-71(17,18)96/h41-59,84,96H,25-40H2,1-24H3,(H,72,86)(H,73,85)(H,74,87)(H,75,89)(H,76,88)/t46-,47+,48-,49-,50-,51+,52+,53+,54+,55+,56+,57+,58+,59-/m1/s1. The van der Waals surface area contributed by atoms with E-state index in [1.54, 1.807) is 62.3 Å². The average Bonchev–Trinajstić information content (AvgIpc) is 0.816. The summed E-state index contributed by atoms with van der Waals surface area (Å²) in [5.74, 6) is -10.4. The minimum atomic E-state index is -1.72. The maximum Gasteiger partial charge on any atom is 0.246 e. The summed E-state index contributed by atoms with van der Waals surface area (Å²) in [5.41, 5.74) is -0.952. The molecule has 2 aliphatic rings. The van der Waals surface area contributed by atoms with Gasteiger partial charge in [-0.25, -0.2) is 0 Å². The lowest BCUT2D eigenvalue weighted by molar-refractivity contribution is -0.154. The molecular formula is C71H130N12O15. The summed E-state index contributed by atoms with van der Waals surface area (Å²) in [4.78, 5) is 173. The molecule has 0 aromatic heterocycles. The smallest absolute Gasteiger partial charge is 0.246 e. The van der Waals surface area contributed by atoms with Gasteiger partial charge >= 0.3 is 0 Å². The third-order valence-corrected chi connectivity index (χ3v) is 19.1. The molecule has 2 aliphatic heterocycles. The molecule has 0 spiro atoms. The minimum absolute atomic E-state index is 0.0283. The van der Waals surface area contributed by atoms with Gasteiger partial charge in [0.15, 0.2) is 0 Å². The van der Waals surface area contributed by atoms with Crippen LogP contribution in [-0.4, -0.2) is 276 Å². The number of carbonyl (C=O) groups is 11. The minimum Gasteiger partial charge on any atom is -0.390 e. The van der Waals surface area contributed by atoms with Crippen LogP contribution in [0.4, 0.5) is 0 Å². The Labute approximate surface area is 586 Å². The summed E-state index contributed by atoms with van der Waals surface area (Å²) in [7, 11) is 8.49. The number of morpholine rings is 1. The zero-order valence-corrected chi connectivity index (χ0v) is 64.1. The third kappa shape index (κ3) is 26.5. The number of amides is 11. The second-order valence-electron chi connectivity index (χ2n) is 30.4. The fraction of sp³-hybridized carbons (Fsp3) is 0.845. The highest BCUT2D eigenvalue weighted by atomic mass is 16.5. The van der Waals surface area contributed by atoms with Gasteiger partial charge in [0.25, 0.3) is 0 Å². The number of rotatable bonds is 23. The summed E-state index contributed by atoms with van der Waals surface area (Å²) in [6.07, 6.45) is 1.10. The number of hydrogen-bond acceptors (Lipinski definition) is 16. The molecule has 27 nitrogen and oxygen atoms in total. The molecule has 11 amide bonds. The molecule has 0 unspecified atom stereocenters. The first-order valence-corrected chi connectivity index (χ1v) is 35.9. The highest BCUT2D eigenvalue weighted by Gasteiger charge is 2.45. The average molecular weight is 1390 g/mol. The maximum atomic E-state index is 15.2. The lowest BCUT2D eigenvalue weighted by Gasteiger charge is -2.40. The quantitative estimate of drug-likeness (QED) is 0.0723. The Bertz CT molecular complexity index is 2610. The van der Waals surface area contributed by atoms with Crippen molar-refractivity contribution in [1.29, 1.82) is 0 Å². The van der Waals surface area contributed by atoms with Crippen molar-refractivity contribution in [3.8, 4) is 0 Å². The molecule has 0 saturated carbocycles. The lowest BCUT2D eigenvalue weighted by atomic mass is 9.90. The van der Waals surface area contributed by atoms with Gasteiger partial charge in [-0.2, -0.15) is 0 Å². The Hall–Kier alpha value is -6.03. The van der Waals surface area contributed by atoms with E-state index in [4.69, 9.17) is 9.47 Å². The molecule has 0 radical (unpaired) electrons. The highest BCUT2D eigenvalue weighted by Crippen LogP contribution is 2.25. The van der Waals surface area contributed by atoms with Crippen molar-refractivity contribution in [2.75, 3.05) is 81.7 Å². The zero-order valence-electron chi connectivity index (χ0n) is 64.1. The SMILES string of the molecule is CC[C@@H]1NC(=O)[C@H]([C@H](O)[C@H](C)CCCCC(C)(C)O)NC(=O)[C@H](C(C)C)N(C)C(=O)[C@H](CC(C)C)N(C)C(=O)[C@H](CC(C)C)N(C)C(=O)[C@@H](C)NC(=O)[C@H](C)NC(=O)[C@H](CC(C)C)N(C)C(=O)[C@H](C(C)C)NC(=O)[C@H]([C@@H](C)OCCCCN2CCOCC2)N(C)C(=O)[C@@H](C)N(C)C1=O. The van der Waals surface area contributed by atoms with Crippen LogP contribution in [0.2, 0.25) is 0 Å². The number of nitrogens with zero attached hydrogens (tertiary/aromatic N) is 7. The van der Waals surface area contributed by atoms with Crippen molar-refractivity contribution >= 4 is 65.0 Å². The summed E-state index contributed by atoms with van der Waals surface area (Å²) >= 11 is 0. The Morgan fingerprint density at radius 2 is 0.980 bits per heavy atom. The first-order valence-electron chi connectivity index (χ1n) is 35.9. The predicted octanol–water partition coefficient (Wildman–Crippen LogP) is 3.15. The highest BCUT2D eigenvalue weighted by molar-refractivity contribution is 6.00. The van der Waals surface area contributed by atoms with Crippen molar-refractivity contribution in [2.45, 2.75) is 273 Å². The van der Waals surface area contributed by atoms with Gasteiger partial charge < -0.3 is 75.7 Å².